The van der Waals surface area contributed by atoms with Crippen LogP contribution in [0, 0.1) is 13.8 Å². The largest absolute Gasteiger partial charge is 0.439 e. The Kier molecular flexibility index (Phi) is 5.76. The lowest BCUT2D eigenvalue weighted by Gasteiger charge is -2.32. The molecule has 1 aliphatic rings. The highest BCUT2D eigenvalue weighted by molar-refractivity contribution is 5.98. The van der Waals surface area contributed by atoms with E-state index in [1.807, 2.05) is 45.2 Å². The third-order valence-corrected chi connectivity index (χ3v) is 4.96. The van der Waals surface area contributed by atoms with Gasteiger partial charge in [-0.25, -0.2) is 4.98 Å². The molecule has 0 radical (unpaired) electrons. The minimum absolute atomic E-state index is 0.417. The molecule has 1 aromatic carbocycles. The number of aromatic nitrogens is 1. The number of hydrogen-bond acceptors (Lipinski definition) is 4. The topological polar surface area (TPSA) is 58.0 Å². The summed E-state index contributed by atoms with van der Waals surface area (Å²) in [5.74, 6) is 1.86. The highest BCUT2D eigenvalue weighted by Gasteiger charge is 2.22. The molecule has 5 heteroatoms. The van der Waals surface area contributed by atoms with Crippen LogP contribution in [-0.4, -0.2) is 34.0 Å². The lowest BCUT2D eigenvalue weighted by molar-refractivity contribution is 0.256. The van der Waals surface area contributed by atoms with Crippen molar-refractivity contribution in [2.45, 2.75) is 52.0 Å². The Morgan fingerprint density at radius 2 is 1.81 bits per heavy atom. The predicted molar refractivity (Wildman–Crippen MR) is 103 cm³/mol. The standard InChI is InChI=1S/C21H27N3O2/c1-15-11-16(2)13-19(12-15)26-20-10-9-17(14-22-20)21(23-25)24(3)18-7-5-4-6-8-18/h9-14,18,25H,4-8H2,1-3H3/b23-21-. The van der Waals surface area contributed by atoms with Crippen molar-refractivity contribution in [2.75, 3.05) is 7.05 Å². The van der Waals surface area contributed by atoms with E-state index in [1.165, 1.54) is 19.3 Å². The number of hydrogen-bond donors (Lipinski definition) is 1. The second-order valence-corrected chi connectivity index (χ2v) is 7.14. The van der Waals surface area contributed by atoms with Crippen molar-refractivity contribution in [1.29, 1.82) is 0 Å². The summed E-state index contributed by atoms with van der Waals surface area (Å²) >= 11 is 0. The SMILES string of the molecule is Cc1cc(C)cc(Oc2ccc(/C(=N/O)N(C)C3CCCCC3)cn2)c1. The van der Waals surface area contributed by atoms with Crippen LogP contribution in [0.1, 0.15) is 48.8 Å². The summed E-state index contributed by atoms with van der Waals surface area (Å²) in [6, 6.07) is 10.2. The molecule has 3 rings (SSSR count). The van der Waals surface area contributed by atoms with Crippen molar-refractivity contribution in [3.05, 3.63) is 53.2 Å². The summed E-state index contributed by atoms with van der Waals surface area (Å²) in [5, 5.41) is 13.1. The van der Waals surface area contributed by atoms with Gasteiger partial charge in [0.05, 0.1) is 0 Å². The smallest absolute Gasteiger partial charge is 0.219 e. The molecule has 1 saturated carbocycles. The van der Waals surface area contributed by atoms with Gasteiger partial charge in [0, 0.05) is 30.9 Å². The molecule has 138 valence electrons. The van der Waals surface area contributed by atoms with Gasteiger partial charge in [0.25, 0.3) is 0 Å². The van der Waals surface area contributed by atoms with Gasteiger partial charge in [-0.2, -0.15) is 0 Å². The molecule has 0 saturated heterocycles. The first-order valence-electron chi connectivity index (χ1n) is 9.24. The molecule has 1 N–H and O–H groups in total. The Morgan fingerprint density at radius 1 is 1.12 bits per heavy atom. The fourth-order valence-corrected chi connectivity index (χ4v) is 3.66. The maximum Gasteiger partial charge on any atom is 0.219 e. The van der Waals surface area contributed by atoms with Crippen LogP contribution in [0.5, 0.6) is 11.6 Å². The van der Waals surface area contributed by atoms with E-state index in [1.54, 1.807) is 6.20 Å². The Hall–Kier alpha value is -2.56. The highest BCUT2D eigenvalue weighted by atomic mass is 16.5. The van der Waals surface area contributed by atoms with E-state index in [0.717, 1.165) is 35.3 Å². The summed E-state index contributed by atoms with van der Waals surface area (Å²) in [7, 11) is 1.99. The van der Waals surface area contributed by atoms with Crippen LogP contribution < -0.4 is 4.74 Å². The van der Waals surface area contributed by atoms with Gasteiger partial charge in [-0.15, -0.1) is 0 Å². The van der Waals surface area contributed by atoms with Gasteiger partial charge in [0.1, 0.15) is 5.75 Å². The molecule has 1 aromatic heterocycles. The summed E-state index contributed by atoms with van der Waals surface area (Å²) in [4.78, 5) is 6.46. The van der Waals surface area contributed by atoms with E-state index in [0.29, 0.717) is 17.8 Å². The molecule has 1 aliphatic carbocycles. The number of benzene rings is 1. The van der Waals surface area contributed by atoms with Crippen LogP contribution in [-0.2, 0) is 0 Å². The molecule has 0 atom stereocenters. The molecule has 0 bridgehead atoms. The average molecular weight is 353 g/mol. The first-order valence-corrected chi connectivity index (χ1v) is 9.24. The van der Waals surface area contributed by atoms with Crippen LogP contribution in [0.2, 0.25) is 0 Å². The zero-order valence-corrected chi connectivity index (χ0v) is 15.8. The fraction of sp³-hybridized carbons (Fsp3) is 0.429. The van der Waals surface area contributed by atoms with Gasteiger partial charge in [-0.1, -0.05) is 30.5 Å². The van der Waals surface area contributed by atoms with E-state index >= 15 is 0 Å². The lowest BCUT2D eigenvalue weighted by Crippen LogP contribution is -2.38. The molecule has 0 unspecified atom stereocenters. The fourth-order valence-electron chi connectivity index (χ4n) is 3.66. The maximum atomic E-state index is 9.53. The lowest BCUT2D eigenvalue weighted by atomic mass is 9.94. The number of amidine groups is 1. The molecule has 0 amide bonds. The summed E-state index contributed by atoms with van der Waals surface area (Å²) in [5.41, 5.74) is 3.09. The summed E-state index contributed by atoms with van der Waals surface area (Å²) < 4.78 is 5.86. The van der Waals surface area contributed by atoms with E-state index in [-0.39, 0.29) is 0 Å². The first kappa shape index (κ1) is 18.2. The van der Waals surface area contributed by atoms with Crippen molar-refractivity contribution < 1.29 is 9.94 Å². The van der Waals surface area contributed by atoms with E-state index in [4.69, 9.17) is 4.74 Å². The number of rotatable bonds is 4. The van der Waals surface area contributed by atoms with Gasteiger partial charge in [-0.05, 0) is 56.0 Å². The monoisotopic (exact) mass is 353 g/mol. The normalized spacial score (nSPS) is 15.7. The van der Waals surface area contributed by atoms with Gasteiger partial charge in [0.2, 0.25) is 5.88 Å². The summed E-state index contributed by atoms with van der Waals surface area (Å²) in [6.45, 7) is 4.09. The van der Waals surface area contributed by atoms with Crippen molar-refractivity contribution in [3.8, 4) is 11.6 Å². The number of pyridine rings is 1. The van der Waals surface area contributed by atoms with Crippen LogP contribution in [0.15, 0.2) is 41.7 Å². The first-order chi connectivity index (χ1) is 12.6. The molecule has 0 aliphatic heterocycles. The predicted octanol–water partition coefficient (Wildman–Crippen LogP) is 4.89. The highest BCUT2D eigenvalue weighted by Crippen LogP contribution is 2.25. The van der Waals surface area contributed by atoms with Gasteiger partial charge in [0.15, 0.2) is 5.84 Å². The van der Waals surface area contributed by atoms with Crippen molar-refractivity contribution >= 4 is 5.84 Å². The summed E-state index contributed by atoms with van der Waals surface area (Å²) in [6.07, 6.45) is 7.73. The molecule has 1 fully saturated rings. The molecule has 2 aromatic rings. The van der Waals surface area contributed by atoms with Gasteiger partial charge in [-0.3, -0.25) is 0 Å². The van der Waals surface area contributed by atoms with Crippen molar-refractivity contribution in [3.63, 3.8) is 0 Å². The van der Waals surface area contributed by atoms with Crippen molar-refractivity contribution in [2.24, 2.45) is 5.16 Å². The molecule has 5 nitrogen and oxygen atoms in total. The Balaban J connectivity index is 1.73. The zero-order chi connectivity index (χ0) is 18.5. The van der Waals surface area contributed by atoms with E-state index in [2.05, 4.69) is 21.1 Å². The minimum atomic E-state index is 0.417. The number of nitrogens with zero attached hydrogens (tertiary/aromatic N) is 3. The van der Waals surface area contributed by atoms with Crippen molar-refractivity contribution in [1.82, 2.24) is 9.88 Å². The molecular weight excluding hydrogens is 326 g/mol. The van der Waals surface area contributed by atoms with Gasteiger partial charge >= 0.3 is 0 Å². The van der Waals surface area contributed by atoms with Crippen LogP contribution in [0.3, 0.4) is 0 Å². The Labute approximate surface area is 155 Å². The Morgan fingerprint density at radius 3 is 2.38 bits per heavy atom. The second-order valence-electron chi connectivity index (χ2n) is 7.14. The third kappa shape index (κ3) is 4.34. The second kappa shape index (κ2) is 8.21. The number of aryl methyl sites for hydroxylation is 2. The van der Waals surface area contributed by atoms with Gasteiger partial charge < -0.3 is 14.8 Å². The van der Waals surface area contributed by atoms with Crippen LogP contribution >= 0.6 is 0 Å². The number of oxime groups is 1. The van der Waals surface area contributed by atoms with Crippen LogP contribution in [0.25, 0.3) is 0 Å². The Bertz CT molecular complexity index is 745. The molecule has 0 spiro atoms. The maximum absolute atomic E-state index is 9.53. The molecular formula is C21H27N3O2. The third-order valence-electron chi connectivity index (χ3n) is 4.96. The minimum Gasteiger partial charge on any atom is -0.439 e. The van der Waals surface area contributed by atoms with E-state index in [9.17, 15) is 5.21 Å². The molecule has 1 heterocycles. The zero-order valence-electron chi connectivity index (χ0n) is 15.8. The molecule has 26 heavy (non-hydrogen) atoms. The number of ether oxygens (including phenoxy) is 1. The average Bonchev–Trinajstić information content (AvgIpc) is 2.63. The van der Waals surface area contributed by atoms with Crippen LogP contribution in [0.4, 0.5) is 0 Å². The van der Waals surface area contributed by atoms with E-state index < -0.39 is 0 Å². The quantitative estimate of drug-likeness (QED) is 0.368.